The Kier molecular flexibility index (Phi) is 4.70. The number of hydrogen-bond acceptors (Lipinski definition) is 5. The lowest BCUT2D eigenvalue weighted by atomic mass is 10.2. The Labute approximate surface area is 144 Å². The molecule has 8 heteroatoms. The van der Waals surface area contributed by atoms with Crippen LogP contribution in [0.15, 0.2) is 52.9 Å². The molecule has 0 bridgehead atoms. The van der Waals surface area contributed by atoms with Crippen LogP contribution in [-0.2, 0) is 23.6 Å². The molecule has 2 heterocycles. The zero-order chi connectivity index (χ0) is 17.2. The van der Waals surface area contributed by atoms with Gasteiger partial charge >= 0.3 is 0 Å². The minimum atomic E-state index is -3.70. The number of ether oxygens (including phenoxy) is 1. The molecule has 3 aromatic rings. The van der Waals surface area contributed by atoms with Gasteiger partial charge in [-0.05, 0) is 17.5 Å². The Morgan fingerprint density at radius 3 is 2.75 bits per heavy atom. The highest BCUT2D eigenvalue weighted by Gasteiger charge is 2.23. The van der Waals surface area contributed by atoms with Gasteiger partial charge in [-0.1, -0.05) is 24.3 Å². The first-order chi connectivity index (χ1) is 11.5. The van der Waals surface area contributed by atoms with Gasteiger partial charge in [-0.15, -0.1) is 11.3 Å². The van der Waals surface area contributed by atoms with Crippen molar-refractivity contribution >= 4 is 21.4 Å². The smallest absolute Gasteiger partial charge is 0.244 e. The molecule has 2 aromatic heterocycles. The molecule has 0 amide bonds. The van der Waals surface area contributed by atoms with E-state index >= 15 is 0 Å². The third kappa shape index (κ3) is 3.35. The third-order valence-electron chi connectivity index (χ3n) is 3.48. The van der Waals surface area contributed by atoms with Crippen LogP contribution in [0.25, 0.3) is 10.6 Å². The van der Waals surface area contributed by atoms with Gasteiger partial charge in [0.25, 0.3) is 0 Å². The molecule has 1 aromatic carbocycles. The highest BCUT2D eigenvalue weighted by molar-refractivity contribution is 7.89. The topological polar surface area (TPSA) is 73.2 Å². The lowest BCUT2D eigenvalue weighted by Gasteiger charge is -2.10. The number of para-hydroxylation sites is 1. The minimum Gasteiger partial charge on any atom is -0.496 e. The van der Waals surface area contributed by atoms with Gasteiger partial charge in [0, 0.05) is 25.4 Å². The number of aromatic nitrogens is 2. The van der Waals surface area contributed by atoms with Gasteiger partial charge < -0.3 is 4.74 Å². The Morgan fingerprint density at radius 1 is 1.25 bits per heavy atom. The normalized spacial score (nSPS) is 11.6. The number of thiophene rings is 1. The number of hydrogen-bond donors (Lipinski definition) is 1. The monoisotopic (exact) mass is 363 g/mol. The van der Waals surface area contributed by atoms with Crippen molar-refractivity contribution < 1.29 is 13.2 Å². The van der Waals surface area contributed by atoms with Gasteiger partial charge in [0.1, 0.15) is 16.3 Å². The SMILES string of the molecule is COc1ccccc1CNS(=O)(=O)c1cn(C)nc1-c1cccs1. The number of nitrogens with one attached hydrogen (secondary N) is 1. The molecule has 6 nitrogen and oxygen atoms in total. The van der Waals surface area contributed by atoms with Gasteiger partial charge in [0.05, 0.1) is 12.0 Å². The molecule has 0 radical (unpaired) electrons. The second-order valence-electron chi connectivity index (χ2n) is 5.13. The molecular formula is C16H17N3O3S2. The lowest BCUT2D eigenvalue weighted by Crippen LogP contribution is -2.23. The Balaban J connectivity index is 1.89. The van der Waals surface area contributed by atoms with E-state index in [-0.39, 0.29) is 11.4 Å². The lowest BCUT2D eigenvalue weighted by molar-refractivity contribution is 0.409. The first-order valence-electron chi connectivity index (χ1n) is 7.20. The van der Waals surface area contributed by atoms with Crippen molar-refractivity contribution in [2.24, 2.45) is 7.05 Å². The molecule has 24 heavy (non-hydrogen) atoms. The summed E-state index contributed by atoms with van der Waals surface area (Å²) in [7, 11) is -0.438. The maximum Gasteiger partial charge on any atom is 0.244 e. The van der Waals surface area contributed by atoms with Gasteiger partial charge in [0.2, 0.25) is 10.0 Å². The van der Waals surface area contributed by atoms with Crippen molar-refractivity contribution in [3.63, 3.8) is 0 Å². The summed E-state index contributed by atoms with van der Waals surface area (Å²) in [5, 5.41) is 6.18. The molecular weight excluding hydrogens is 346 g/mol. The van der Waals surface area contributed by atoms with E-state index in [2.05, 4.69) is 9.82 Å². The first-order valence-corrected chi connectivity index (χ1v) is 9.56. The molecule has 0 saturated heterocycles. The highest BCUT2D eigenvalue weighted by Crippen LogP contribution is 2.29. The summed E-state index contributed by atoms with van der Waals surface area (Å²) in [4.78, 5) is 0.982. The summed E-state index contributed by atoms with van der Waals surface area (Å²) in [5.41, 5.74) is 1.23. The van der Waals surface area contributed by atoms with Gasteiger partial charge in [-0.2, -0.15) is 5.10 Å². The first kappa shape index (κ1) is 16.7. The van der Waals surface area contributed by atoms with E-state index in [9.17, 15) is 8.42 Å². The van der Waals surface area contributed by atoms with Crippen LogP contribution in [0.2, 0.25) is 0 Å². The van der Waals surface area contributed by atoms with Gasteiger partial charge in [-0.3, -0.25) is 4.68 Å². The summed E-state index contributed by atoms with van der Waals surface area (Å²) in [5.74, 6) is 0.643. The molecule has 0 fully saturated rings. The average molecular weight is 363 g/mol. The predicted octanol–water partition coefficient (Wildman–Crippen LogP) is 2.64. The van der Waals surface area contributed by atoms with E-state index in [1.165, 1.54) is 22.2 Å². The van der Waals surface area contributed by atoms with E-state index < -0.39 is 10.0 Å². The van der Waals surface area contributed by atoms with Crippen molar-refractivity contribution in [1.82, 2.24) is 14.5 Å². The number of nitrogens with zero attached hydrogens (tertiary/aromatic N) is 2. The van der Waals surface area contributed by atoms with E-state index in [4.69, 9.17) is 4.74 Å². The van der Waals surface area contributed by atoms with Crippen molar-refractivity contribution in [3.05, 3.63) is 53.5 Å². The maximum absolute atomic E-state index is 12.7. The fraction of sp³-hybridized carbons (Fsp3) is 0.188. The maximum atomic E-state index is 12.7. The number of methoxy groups -OCH3 is 1. The number of aryl methyl sites for hydroxylation is 1. The highest BCUT2D eigenvalue weighted by atomic mass is 32.2. The molecule has 1 N–H and O–H groups in total. The standard InChI is InChI=1S/C16H17N3O3S2/c1-19-11-15(16(18-19)14-8-5-9-23-14)24(20,21)17-10-12-6-3-4-7-13(12)22-2/h3-9,11,17H,10H2,1-2H3. The van der Waals surface area contributed by atoms with Crippen LogP contribution in [0.4, 0.5) is 0 Å². The Bertz CT molecular complexity index is 931. The molecule has 0 saturated carbocycles. The van der Waals surface area contributed by atoms with Gasteiger partial charge in [-0.25, -0.2) is 13.1 Å². The number of sulfonamides is 1. The van der Waals surface area contributed by atoms with Gasteiger partial charge in [0.15, 0.2) is 0 Å². The fourth-order valence-electron chi connectivity index (χ4n) is 2.35. The van der Waals surface area contributed by atoms with Crippen molar-refractivity contribution in [3.8, 4) is 16.3 Å². The zero-order valence-corrected chi connectivity index (χ0v) is 14.9. The quantitative estimate of drug-likeness (QED) is 0.731. The minimum absolute atomic E-state index is 0.144. The van der Waals surface area contributed by atoms with Crippen LogP contribution < -0.4 is 9.46 Å². The number of rotatable bonds is 6. The molecule has 0 atom stereocenters. The second-order valence-corrected chi connectivity index (χ2v) is 7.81. The van der Waals surface area contributed by atoms with Crippen LogP contribution in [0, 0.1) is 0 Å². The zero-order valence-electron chi connectivity index (χ0n) is 13.3. The molecule has 0 aliphatic heterocycles. The third-order valence-corrected chi connectivity index (χ3v) is 5.76. The van der Waals surface area contributed by atoms with E-state index in [0.717, 1.165) is 10.4 Å². The molecule has 0 unspecified atom stereocenters. The Hall–Kier alpha value is -2.16. The van der Waals surface area contributed by atoms with Crippen molar-refractivity contribution in [1.29, 1.82) is 0 Å². The summed E-state index contributed by atoms with van der Waals surface area (Å²) >= 11 is 1.45. The second kappa shape index (κ2) is 6.76. The summed E-state index contributed by atoms with van der Waals surface area (Å²) in [6.45, 7) is 0.144. The number of benzene rings is 1. The van der Waals surface area contributed by atoms with E-state index in [1.54, 1.807) is 20.2 Å². The summed E-state index contributed by atoms with van der Waals surface area (Å²) < 4.78 is 34.9. The predicted molar refractivity (Wildman–Crippen MR) is 93.5 cm³/mol. The molecule has 3 rings (SSSR count). The van der Waals surface area contributed by atoms with Crippen LogP contribution in [0.3, 0.4) is 0 Å². The average Bonchev–Trinajstić information content (AvgIpc) is 3.22. The van der Waals surface area contributed by atoms with Crippen LogP contribution in [-0.4, -0.2) is 25.3 Å². The molecule has 0 spiro atoms. The van der Waals surface area contributed by atoms with E-state index in [0.29, 0.717) is 11.4 Å². The molecule has 0 aliphatic rings. The molecule has 126 valence electrons. The van der Waals surface area contributed by atoms with Crippen molar-refractivity contribution in [2.45, 2.75) is 11.4 Å². The van der Waals surface area contributed by atoms with E-state index in [1.807, 2.05) is 35.7 Å². The van der Waals surface area contributed by atoms with Crippen molar-refractivity contribution in [2.75, 3.05) is 7.11 Å². The summed E-state index contributed by atoms with van der Waals surface area (Å²) in [6.07, 6.45) is 1.51. The summed E-state index contributed by atoms with van der Waals surface area (Å²) in [6, 6.07) is 11.0. The molecule has 0 aliphatic carbocycles. The fourth-order valence-corrected chi connectivity index (χ4v) is 4.33. The van der Waals surface area contributed by atoms with Crippen LogP contribution in [0.5, 0.6) is 5.75 Å². The Morgan fingerprint density at radius 2 is 2.04 bits per heavy atom. The van der Waals surface area contributed by atoms with Crippen LogP contribution >= 0.6 is 11.3 Å². The van der Waals surface area contributed by atoms with Crippen LogP contribution in [0.1, 0.15) is 5.56 Å². The largest absolute Gasteiger partial charge is 0.496 e.